The van der Waals surface area contributed by atoms with Gasteiger partial charge in [0, 0.05) is 5.69 Å². The first-order chi connectivity index (χ1) is 10.0. The number of rotatable bonds is 2. The summed E-state index contributed by atoms with van der Waals surface area (Å²) in [6.45, 7) is 6.07. The fourth-order valence-corrected chi connectivity index (χ4v) is 3.37. The number of amides is 1. The molecule has 106 valence electrons. The van der Waals surface area contributed by atoms with E-state index in [2.05, 4.69) is 29.4 Å². The van der Waals surface area contributed by atoms with Crippen LogP contribution in [0.2, 0.25) is 0 Å². The molecule has 0 spiro atoms. The molecule has 3 nitrogen and oxygen atoms in total. The second-order valence-corrected chi connectivity index (χ2v) is 6.25. The molecule has 1 amide bonds. The van der Waals surface area contributed by atoms with Crippen molar-refractivity contribution in [1.29, 1.82) is 0 Å². The van der Waals surface area contributed by atoms with Gasteiger partial charge in [0.25, 0.3) is 5.91 Å². The topological polar surface area (TPSA) is 42.0 Å². The number of fused-ring (bicyclic) bond motifs is 1. The highest BCUT2D eigenvalue weighted by Crippen LogP contribution is 2.25. The lowest BCUT2D eigenvalue weighted by molar-refractivity contribution is 0.102. The van der Waals surface area contributed by atoms with Crippen molar-refractivity contribution in [2.24, 2.45) is 0 Å². The molecule has 3 aromatic rings. The minimum Gasteiger partial charge on any atom is -0.319 e. The van der Waals surface area contributed by atoms with E-state index in [1.807, 2.05) is 38.1 Å². The van der Waals surface area contributed by atoms with Gasteiger partial charge in [-0.05, 0) is 44.0 Å². The van der Waals surface area contributed by atoms with Gasteiger partial charge in [0.1, 0.15) is 0 Å². The Kier molecular flexibility index (Phi) is 3.47. The fourth-order valence-electron chi connectivity index (χ4n) is 2.51. The number of carbonyl (C=O) groups excluding carboxylic acids is 1. The summed E-state index contributed by atoms with van der Waals surface area (Å²) in [6, 6.07) is 11.9. The molecule has 0 aliphatic rings. The summed E-state index contributed by atoms with van der Waals surface area (Å²) in [5.74, 6) is -0.147. The average Bonchev–Trinajstić information content (AvgIpc) is 2.86. The van der Waals surface area contributed by atoms with Crippen LogP contribution in [0.1, 0.15) is 26.5 Å². The molecule has 0 aliphatic carbocycles. The van der Waals surface area contributed by atoms with E-state index in [1.165, 1.54) is 16.9 Å². The highest BCUT2D eigenvalue weighted by Gasteiger charge is 2.14. The van der Waals surface area contributed by atoms with Gasteiger partial charge in [-0.2, -0.15) is 0 Å². The summed E-state index contributed by atoms with van der Waals surface area (Å²) in [4.78, 5) is 16.8. The van der Waals surface area contributed by atoms with Crippen molar-refractivity contribution >= 4 is 33.1 Å². The van der Waals surface area contributed by atoms with Crippen molar-refractivity contribution in [3.05, 3.63) is 58.1 Å². The summed E-state index contributed by atoms with van der Waals surface area (Å²) in [5, 5.41) is 3.49. The first-order valence-electron chi connectivity index (χ1n) is 6.79. The Balaban J connectivity index is 1.93. The zero-order chi connectivity index (χ0) is 15.0. The van der Waals surface area contributed by atoms with Gasteiger partial charge in [-0.1, -0.05) is 29.8 Å². The van der Waals surface area contributed by atoms with Crippen molar-refractivity contribution in [2.45, 2.75) is 20.8 Å². The van der Waals surface area contributed by atoms with Crippen LogP contribution in [0.15, 0.2) is 36.4 Å². The highest BCUT2D eigenvalue weighted by molar-refractivity contribution is 7.20. The van der Waals surface area contributed by atoms with E-state index in [9.17, 15) is 4.79 Å². The number of para-hydroxylation sites is 1. The maximum absolute atomic E-state index is 12.4. The minimum absolute atomic E-state index is 0.147. The lowest BCUT2D eigenvalue weighted by atomic mass is 10.1. The lowest BCUT2D eigenvalue weighted by Crippen LogP contribution is -2.13. The maximum Gasteiger partial charge on any atom is 0.284 e. The van der Waals surface area contributed by atoms with Crippen LogP contribution in [0.3, 0.4) is 0 Å². The summed E-state index contributed by atoms with van der Waals surface area (Å²) in [7, 11) is 0. The quantitative estimate of drug-likeness (QED) is 0.758. The van der Waals surface area contributed by atoms with Crippen molar-refractivity contribution in [2.75, 3.05) is 5.32 Å². The molecule has 0 saturated carbocycles. The third-order valence-corrected chi connectivity index (χ3v) is 4.44. The number of hydrogen-bond acceptors (Lipinski definition) is 3. The van der Waals surface area contributed by atoms with Gasteiger partial charge in [0.05, 0.1) is 10.2 Å². The average molecular weight is 296 g/mol. The Morgan fingerprint density at radius 2 is 1.76 bits per heavy atom. The maximum atomic E-state index is 12.4. The van der Waals surface area contributed by atoms with Crippen LogP contribution in [0.5, 0.6) is 0 Å². The number of anilines is 1. The molecule has 0 unspecified atom stereocenters. The van der Waals surface area contributed by atoms with Gasteiger partial charge in [0.15, 0.2) is 5.01 Å². The largest absolute Gasteiger partial charge is 0.319 e. The molecular weight excluding hydrogens is 280 g/mol. The Hall–Kier alpha value is -2.20. The molecule has 4 heteroatoms. The van der Waals surface area contributed by atoms with Crippen LogP contribution in [-0.2, 0) is 0 Å². The van der Waals surface area contributed by atoms with E-state index in [0.29, 0.717) is 5.01 Å². The molecule has 3 rings (SSSR count). The highest BCUT2D eigenvalue weighted by atomic mass is 32.1. The normalized spacial score (nSPS) is 10.8. The summed E-state index contributed by atoms with van der Waals surface area (Å²) < 4.78 is 1.03. The van der Waals surface area contributed by atoms with Crippen molar-refractivity contribution in [1.82, 2.24) is 4.98 Å². The second-order valence-electron chi connectivity index (χ2n) is 5.21. The van der Waals surface area contributed by atoms with Crippen LogP contribution >= 0.6 is 11.3 Å². The number of thiazole rings is 1. The smallest absolute Gasteiger partial charge is 0.284 e. The summed E-state index contributed by atoms with van der Waals surface area (Å²) >= 11 is 1.42. The molecule has 1 N–H and O–H groups in total. The Labute approximate surface area is 127 Å². The molecule has 21 heavy (non-hydrogen) atoms. The van der Waals surface area contributed by atoms with Crippen LogP contribution < -0.4 is 5.32 Å². The van der Waals surface area contributed by atoms with Gasteiger partial charge in [-0.3, -0.25) is 4.79 Å². The zero-order valence-electron chi connectivity index (χ0n) is 12.2. The summed E-state index contributed by atoms with van der Waals surface area (Å²) in [6.07, 6.45) is 0. The number of benzene rings is 2. The van der Waals surface area contributed by atoms with Gasteiger partial charge in [-0.25, -0.2) is 4.98 Å². The van der Waals surface area contributed by atoms with Crippen molar-refractivity contribution in [3.8, 4) is 0 Å². The van der Waals surface area contributed by atoms with Crippen molar-refractivity contribution < 1.29 is 4.79 Å². The zero-order valence-corrected chi connectivity index (χ0v) is 13.0. The SMILES string of the molecule is Cc1cc(C)c(NC(=O)c2nc3ccccc3s2)c(C)c1. The molecule has 0 saturated heterocycles. The molecule has 1 aromatic heterocycles. The predicted molar refractivity (Wildman–Crippen MR) is 88.2 cm³/mol. The molecule has 1 heterocycles. The van der Waals surface area contributed by atoms with E-state index in [1.54, 1.807) is 0 Å². The van der Waals surface area contributed by atoms with E-state index in [0.717, 1.165) is 27.0 Å². The van der Waals surface area contributed by atoms with E-state index >= 15 is 0 Å². The monoisotopic (exact) mass is 296 g/mol. The van der Waals surface area contributed by atoms with Gasteiger partial charge < -0.3 is 5.32 Å². The molecule has 2 aromatic carbocycles. The predicted octanol–water partition coefficient (Wildman–Crippen LogP) is 4.47. The Morgan fingerprint density at radius 1 is 1.10 bits per heavy atom. The van der Waals surface area contributed by atoms with Crippen LogP contribution in [-0.4, -0.2) is 10.9 Å². The van der Waals surface area contributed by atoms with Gasteiger partial charge >= 0.3 is 0 Å². The number of aromatic nitrogens is 1. The third kappa shape index (κ3) is 2.67. The van der Waals surface area contributed by atoms with E-state index in [-0.39, 0.29) is 5.91 Å². The van der Waals surface area contributed by atoms with Crippen LogP contribution in [0, 0.1) is 20.8 Å². The third-order valence-electron chi connectivity index (χ3n) is 3.40. The Bertz CT molecular complexity index is 780. The number of nitrogens with one attached hydrogen (secondary N) is 1. The molecular formula is C17H16N2OS. The minimum atomic E-state index is -0.147. The molecule has 0 bridgehead atoms. The first kappa shape index (κ1) is 13.8. The molecule has 0 aliphatic heterocycles. The molecule has 0 atom stereocenters. The first-order valence-corrected chi connectivity index (χ1v) is 7.61. The molecule has 0 radical (unpaired) electrons. The van der Waals surface area contributed by atoms with E-state index < -0.39 is 0 Å². The molecule has 0 fully saturated rings. The fraction of sp³-hybridized carbons (Fsp3) is 0.176. The summed E-state index contributed by atoms with van der Waals surface area (Å²) in [5.41, 5.74) is 5.08. The van der Waals surface area contributed by atoms with Crippen LogP contribution in [0.4, 0.5) is 5.69 Å². The number of carbonyl (C=O) groups is 1. The van der Waals surface area contributed by atoms with Crippen LogP contribution in [0.25, 0.3) is 10.2 Å². The van der Waals surface area contributed by atoms with Gasteiger partial charge in [-0.15, -0.1) is 11.3 Å². The number of hydrogen-bond donors (Lipinski definition) is 1. The standard InChI is InChI=1S/C17H16N2OS/c1-10-8-11(2)15(12(3)9-10)19-16(20)17-18-13-6-4-5-7-14(13)21-17/h4-9H,1-3H3,(H,19,20). The number of nitrogens with zero attached hydrogens (tertiary/aromatic N) is 1. The Morgan fingerprint density at radius 3 is 2.43 bits per heavy atom. The van der Waals surface area contributed by atoms with Gasteiger partial charge in [0.2, 0.25) is 0 Å². The number of aryl methyl sites for hydroxylation is 3. The van der Waals surface area contributed by atoms with E-state index in [4.69, 9.17) is 0 Å². The van der Waals surface area contributed by atoms with Crippen molar-refractivity contribution in [3.63, 3.8) is 0 Å². The second kappa shape index (κ2) is 5.30. The lowest BCUT2D eigenvalue weighted by Gasteiger charge is -2.11.